The standard InChI is InChI=1S/C13H22N4O/c1-10-11(2)18-13(15-10)9-16-3-5-17(6-4-16)12-7-14-8-12/h12,14H,3-9H2,1-2H3. The molecule has 0 radical (unpaired) electrons. The predicted molar refractivity (Wildman–Crippen MR) is 69.5 cm³/mol. The number of aromatic nitrogens is 1. The van der Waals surface area contributed by atoms with Crippen LogP contribution in [0, 0.1) is 13.8 Å². The van der Waals surface area contributed by atoms with Gasteiger partial charge in [0.15, 0.2) is 0 Å². The summed E-state index contributed by atoms with van der Waals surface area (Å²) in [5.41, 5.74) is 1.02. The lowest BCUT2D eigenvalue weighted by molar-refractivity contribution is 0.0656. The summed E-state index contributed by atoms with van der Waals surface area (Å²) in [6, 6.07) is 0.776. The van der Waals surface area contributed by atoms with Gasteiger partial charge in [-0.1, -0.05) is 0 Å². The lowest BCUT2D eigenvalue weighted by atomic mass is 10.1. The van der Waals surface area contributed by atoms with Crippen molar-refractivity contribution >= 4 is 0 Å². The fourth-order valence-electron chi connectivity index (χ4n) is 2.62. The van der Waals surface area contributed by atoms with Crippen molar-refractivity contribution in [3.63, 3.8) is 0 Å². The molecule has 1 aromatic rings. The third kappa shape index (κ3) is 2.43. The molecule has 2 saturated heterocycles. The van der Waals surface area contributed by atoms with E-state index in [1.807, 2.05) is 13.8 Å². The highest BCUT2D eigenvalue weighted by atomic mass is 16.4. The number of piperazine rings is 1. The van der Waals surface area contributed by atoms with E-state index < -0.39 is 0 Å². The molecule has 100 valence electrons. The Morgan fingerprint density at radius 1 is 1.22 bits per heavy atom. The Morgan fingerprint density at radius 3 is 2.44 bits per heavy atom. The lowest BCUT2D eigenvalue weighted by Crippen LogP contribution is -2.61. The molecular formula is C13H22N4O. The summed E-state index contributed by atoms with van der Waals surface area (Å²) in [5, 5.41) is 3.34. The maximum atomic E-state index is 5.65. The summed E-state index contributed by atoms with van der Waals surface area (Å²) in [6.45, 7) is 11.8. The molecule has 0 saturated carbocycles. The number of hydrogen-bond donors (Lipinski definition) is 1. The van der Waals surface area contributed by atoms with Crippen molar-refractivity contribution in [2.24, 2.45) is 0 Å². The molecule has 0 amide bonds. The Balaban J connectivity index is 1.50. The van der Waals surface area contributed by atoms with Crippen molar-refractivity contribution in [1.82, 2.24) is 20.1 Å². The Bertz CT molecular complexity index is 386. The van der Waals surface area contributed by atoms with Crippen LogP contribution in [0.1, 0.15) is 17.3 Å². The fourth-order valence-corrected chi connectivity index (χ4v) is 2.62. The van der Waals surface area contributed by atoms with Crippen LogP contribution < -0.4 is 5.32 Å². The number of rotatable bonds is 3. The van der Waals surface area contributed by atoms with Gasteiger partial charge in [-0.05, 0) is 13.8 Å². The van der Waals surface area contributed by atoms with Crippen LogP contribution in [0.25, 0.3) is 0 Å². The van der Waals surface area contributed by atoms with E-state index in [4.69, 9.17) is 4.42 Å². The van der Waals surface area contributed by atoms with Crippen LogP contribution in [0.4, 0.5) is 0 Å². The summed E-state index contributed by atoms with van der Waals surface area (Å²) in [4.78, 5) is 9.49. The molecule has 0 aliphatic carbocycles. The Hall–Kier alpha value is -0.910. The van der Waals surface area contributed by atoms with Gasteiger partial charge in [-0.25, -0.2) is 4.98 Å². The van der Waals surface area contributed by atoms with Crippen molar-refractivity contribution in [2.75, 3.05) is 39.3 Å². The van der Waals surface area contributed by atoms with Gasteiger partial charge in [0.25, 0.3) is 0 Å². The molecule has 1 N–H and O–H groups in total. The highest BCUT2D eigenvalue weighted by Crippen LogP contribution is 2.14. The molecule has 5 heteroatoms. The first-order chi connectivity index (χ1) is 8.72. The predicted octanol–water partition coefficient (Wildman–Crippen LogP) is 0.381. The Kier molecular flexibility index (Phi) is 3.37. The van der Waals surface area contributed by atoms with Crippen LogP contribution in [-0.2, 0) is 6.54 Å². The fraction of sp³-hybridized carbons (Fsp3) is 0.769. The highest BCUT2D eigenvalue weighted by Gasteiger charge is 2.27. The van der Waals surface area contributed by atoms with E-state index in [2.05, 4.69) is 20.1 Å². The number of nitrogens with zero attached hydrogens (tertiary/aromatic N) is 3. The van der Waals surface area contributed by atoms with Gasteiger partial charge >= 0.3 is 0 Å². The van der Waals surface area contributed by atoms with Crippen LogP contribution in [-0.4, -0.2) is 60.1 Å². The van der Waals surface area contributed by atoms with Crippen molar-refractivity contribution in [2.45, 2.75) is 26.4 Å². The minimum Gasteiger partial charge on any atom is -0.444 e. The molecule has 2 aliphatic heterocycles. The van der Waals surface area contributed by atoms with Gasteiger partial charge in [-0.2, -0.15) is 0 Å². The first-order valence-corrected chi connectivity index (χ1v) is 6.82. The number of aryl methyl sites for hydroxylation is 2. The zero-order chi connectivity index (χ0) is 12.5. The molecule has 18 heavy (non-hydrogen) atoms. The molecule has 0 unspecified atom stereocenters. The summed E-state index contributed by atoms with van der Waals surface area (Å²) in [7, 11) is 0. The zero-order valence-corrected chi connectivity index (χ0v) is 11.3. The summed E-state index contributed by atoms with van der Waals surface area (Å²) in [5.74, 6) is 1.81. The van der Waals surface area contributed by atoms with E-state index in [-0.39, 0.29) is 0 Å². The smallest absolute Gasteiger partial charge is 0.208 e. The van der Waals surface area contributed by atoms with E-state index in [0.29, 0.717) is 0 Å². The van der Waals surface area contributed by atoms with Crippen molar-refractivity contribution in [3.05, 3.63) is 17.3 Å². The largest absolute Gasteiger partial charge is 0.444 e. The van der Waals surface area contributed by atoms with Crippen molar-refractivity contribution in [1.29, 1.82) is 0 Å². The van der Waals surface area contributed by atoms with E-state index in [0.717, 1.165) is 56.1 Å². The van der Waals surface area contributed by atoms with E-state index in [9.17, 15) is 0 Å². The van der Waals surface area contributed by atoms with Crippen molar-refractivity contribution in [3.8, 4) is 0 Å². The second-order valence-corrected chi connectivity index (χ2v) is 5.37. The maximum Gasteiger partial charge on any atom is 0.208 e. The molecule has 0 bridgehead atoms. The molecule has 2 fully saturated rings. The monoisotopic (exact) mass is 250 g/mol. The molecule has 0 spiro atoms. The summed E-state index contributed by atoms with van der Waals surface area (Å²) in [6.07, 6.45) is 0. The first-order valence-electron chi connectivity index (χ1n) is 6.82. The van der Waals surface area contributed by atoms with Crippen LogP contribution in [0.15, 0.2) is 4.42 Å². The van der Waals surface area contributed by atoms with Gasteiger partial charge in [-0.15, -0.1) is 0 Å². The third-order valence-electron chi connectivity index (χ3n) is 4.11. The molecule has 3 rings (SSSR count). The second-order valence-electron chi connectivity index (χ2n) is 5.37. The van der Waals surface area contributed by atoms with Gasteiger partial charge in [-0.3, -0.25) is 9.80 Å². The van der Waals surface area contributed by atoms with Crippen molar-refractivity contribution < 1.29 is 4.42 Å². The zero-order valence-electron chi connectivity index (χ0n) is 11.3. The van der Waals surface area contributed by atoms with E-state index in [1.165, 1.54) is 13.1 Å². The van der Waals surface area contributed by atoms with Gasteiger partial charge in [0.1, 0.15) is 5.76 Å². The normalized spacial score (nSPS) is 23.2. The minimum absolute atomic E-state index is 0.776. The lowest BCUT2D eigenvalue weighted by Gasteiger charge is -2.43. The molecule has 3 heterocycles. The van der Waals surface area contributed by atoms with Crippen LogP contribution in [0.5, 0.6) is 0 Å². The second kappa shape index (κ2) is 4.99. The molecular weight excluding hydrogens is 228 g/mol. The number of oxazole rings is 1. The van der Waals surface area contributed by atoms with Gasteiger partial charge in [0.05, 0.1) is 12.2 Å². The SMILES string of the molecule is Cc1nc(CN2CCN(C3CNC3)CC2)oc1C. The minimum atomic E-state index is 0.776. The third-order valence-corrected chi connectivity index (χ3v) is 4.11. The van der Waals surface area contributed by atoms with Crippen LogP contribution in [0.2, 0.25) is 0 Å². The summed E-state index contributed by atoms with van der Waals surface area (Å²) < 4.78 is 5.65. The number of nitrogens with one attached hydrogen (secondary N) is 1. The maximum absolute atomic E-state index is 5.65. The van der Waals surface area contributed by atoms with Gasteiger partial charge in [0, 0.05) is 45.3 Å². The number of hydrogen-bond acceptors (Lipinski definition) is 5. The Labute approximate surface area is 108 Å². The molecule has 2 aliphatic rings. The van der Waals surface area contributed by atoms with Crippen LogP contribution >= 0.6 is 0 Å². The molecule has 0 aromatic carbocycles. The van der Waals surface area contributed by atoms with E-state index in [1.54, 1.807) is 0 Å². The molecule has 1 aromatic heterocycles. The van der Waals surface area contributed by atoms with Crippen LogP contribution in [0.3, 0.4) is 0 Å². The van der Waals surface area contributed by atoms with E-state index >= 15 is 0 Å². The molecule has 0 atom stereocenters. The average molecular weight is 250 g/mol. The quantitative estimate of drug-likeness (QED) is 0.840. The topological polar surface area (TPSA) is 44.5 Å². The summed E-state index contributed by atoms with van der Waals surface area (Å²) >= 11 is 0. The Morgan fingerprint density at radius 2 is 1.94 bits per heavy atom. The average Bonchev–Trinajstić information content (AvgIpc) is 2.58. The first kappa shape index (κ1) is 12.1. The highest BCUT2D eigenvalue weighted by molar-refractivity contribution is 5.05. The molecule has 5 nitrogen and oxygen atoms in total. The van der Waals surface area contributed by atoms with Gasteiger partial charge < -0.3 is 9.73 Å². The van der Waals surface area contributed by atoms with Gasteiger partial charge in [0.2, 0.25) is 5.89 Å².